The van der Waals surface area contributed by atoms with E-state index in [1.807, 2.05) is 24.3 Å². The van der Waals surface area contributed by atoms with Gasteiger partial charge in [0.15, 0.2) is 5.78 Å². The van der Waals surface area contributed by atoms with Gasteiger partial charge in [0.1, 0.15) is 5.75 Å². The second-order valence-electron chi connectivity index (χ2n) is 7.90. The van der Waals surface area contributed by atoms with Gasteiger partial charge in [-0.2, -0.15) is 0 Å². The number of rotatable bonds is 11. The number of fused-ring (bicyclic) bond motifs is 1. The molecule has 3 rings (SSSR count). The molecule has 1 aromatic carbocycles. The lowest BCUT2D eigenvalue weighted by molar-refractivity contribution is 0.0962. The van der Waals surface area contributed by atoms with Gasteiger partial charge in [-0.15, -0.1) is 0 Å². The molecule has 1 aliphatic rings. The normalized spacial score (nSPS) is 15.8. The lowest BCUT2D eigenvalue weighted by Crippen LogP contribution is -2.21. The van der Waals surface area contributed by atoms with Crippen molar-refractivity contribution in [1.29, 1.82) is 0 Å². The fourth-order valence-electron chi connectivity index (χ4n) is 3.92. The number of nitrogens with one attached hydrogen (secondary N) is 1. The first kappa shape index (κ1) is 21.3. The molecule has 29 heavy (non-hydrogen) atoms. The molecule has 0 spiro atoms. The Morgan fingerprint density at radius 2 is 1.76 bits per heavy atom. The first-order chi connectivity index (χ1) is 14.2. The third-order valence-electron chi connectivity index (χ3n) is 5.69. The first-order valence-electron chi connectivity index (χ1n) is 11.0. The topological polar surface area (TPSA) is 64.1 Å². The minimum atomic E-state index is 0.130. The lowest BCUT2D eigenvalue weighted by atomic mass is 9.82. The molecule has 0 radical (unpaired) electrons. The van der Waals surface area contributed by atoms with Gasteiger partial charge in [-0.05, 0) is 36.5 Å². The number of ether oxygens (including phenoxy) is 1. The monoisotopic (exact) mass is 395 g/mol. The summed E-state index contributed by atoms with van der Waals surface area (Å²) in [5, 5.41) is 3.33. The number of methoxy groups -OCH3 is 1. The summed E-state index contributed by atoms with van der Waals surface area (Å²) in [5.74, 6) is 1.76. The van der Waals surface area contributed by atoms with Crippen LogP contribution in [0.4, 0.5) is 5.95 Å². The van der Waals surface area contributed by atoms with E-state index in [-0.39, 0.29) is 11.7 Å². The van der Waals surface area contributed by atoms with Gasteiger partial charge in [-0.3, -0.25) is 4.79 Å². The third kappa shape index (κ3) is 6.02. The SMILES string of the molecule is CCCCCCCCCNc1ncc2c(n1)C[C@H](c1ccc(OC)cc1)CC2=O. The maximum Gasteiger partial charge on any atom is 0.222 e. The van der Waals surface area contributed by atoms with E-state index in [4.69, 9.17) is 4.74 Å². The van der Waals surface area contributed by atoms with E-state index >= 15 is 0 Å². The fraction of sp³-hybridized carbons (Fsp3) is 0.542. The Hall–Kier alpha value is -2.43. The van der Waals surface area contributed by atoms with Crippen LogP contribution in [0, 0.1) is 0 Å². The molecule has 1 atom stereocenters. The summed E-state index contributed by atoms with van der Waals surface area (Å²) in [5.41, 5.74) is 2.69. The van der Waals surface area contributed by atoms with Gasteiger partial charge in [0.2, 0.25) is 5.95 Å². The number of hydrogen-bond acceptors (Lipinski definition) is 5. The van der Waals surface area contributed by atoms with E-state index < -0.39 is 0 Å². The standard InChI is InChI=1S/C24H33N3O2/c1-3-4-5-6-7-8-9-14-25-24-26-17-21-22(27-24)15-19(16-23(21)28)18-10-12-20(29-2)13-11-18/h10-13,17,19H,3-9,14-16H2,1-2H3,(H,25,26,27)/t19-/m0/s1. The zero-order valence-corrected chi connectivity index (χ0v) is 17.7. The van der Waals surface area contributed by atoms with E-state index in [0.29, 0.717) is 17.9 Å². The first-order valence-corrected chi connectivity index (χ1v) is 11.0. The predicted octanol–water partition coefficient (Wildman–Crippen LogP) is 5.56. The number of unbranched alkanes of at least 4 members (excludes halogenated alkanes) is 6. The minimum Gasteiger partial charge on any atom is -0.497 e. The molecule has 1 N–H and O–H groups in total. The summed E-state index contributed by atoms with van der Waals surface area (Å²) in [6, 6.07) is 7.99. The molecule has 0 saturated heterocycles. The zero-order chi connectivity index (χ0) is 20.5. The Kier molecular flexibility index (Phi) is 8.03. The molecule has 5 nitrogen and oxygen atoms in total. The van der Waals surface area contributed by atoms with Crippen LogP contribution in [0.25, 0.3) is 0 Å². The Bertz CT molecular complexity index is 789. The molecular weight excluding hydrogens is 362 g/mol. The zero-order valence-electron chi connectivity index (χ0n) is 17.7. The molecule has 0 bridgehead atoms. The second kappa shape index (κ2) is 10.9. The molecule has 0 fully saturated rings. The van der Waals surface area contributed by atoms with Crippen LogP contribution >= 0.6 is 0 Å². The van der Waals surface area contributed by atoms with E-state index in [1.165, 1.54) is 38.5 Å². The van der Waals surface area contributed by atoms with Crippen LogP contribution in [0.15, 0.2) is 30.5 Å². The van der Waals surface area contributed by atoms with E-state index in [2.05, 4.69) is 22.2 Å². The van der Waals surface area contributed by atoms with Crippen molar-refractivity contribution in [3.63, 3.8) is 0 Å². The van der Waals surface area contributed by atoms with E-state index in [9.17, 15) is 4.79 Å². The second-order valence-corrected chi connectivity index (χ2v) is 7.90. The molecule has 0 amide bonds. The van der Waals surface area contributed by atoms with Gasteiger partial charge in [0.05, 0.1) is 18.4 Å². The van der Waals surface area contributed by atoms with Crippen molar-refractivity contribution in [2.75, 3.05) is 19.0 Å². The number of aromatic nitrogens is 2. The van der Waals surface area contributed by atoms with Crippen LogP contribution in [0.3, 0.4) is 0 Å². The maximum atomic E-state index is 12.6. The highest BCUT2D eigenvalue weighted by Crippen LogP contribution is 2.32. The molecule has 1 heterocycles. The Balaban J connectivity index is 1.53. The molecule has 0 unspecified atom stereocenters. The van der Waals surface area contributed by atoms with Gasteiger partial charge >= 0.3 is 0 Å². The largest absolute Gasteiger partial charge is 0.497 e. The summed E-state index contributed by atoms with van der Waals surface area (Å²) < 4.78 is 5.23. The molecule has 0 aliphatic heterocycles. The fourth-order valence-corrected chi connectivity index (χ4v) is 3.92. The quantitative estimate of drug-likeness (QED) is 0.505. The summed E-state index contributed by atoms with van der Waals surface area (Å²) in [6.07, 6.45) is 11.9. The third-order valence-corrected chi connectivity index (χ3v) is 5.69. The predicted molar refractivity (Wildman–Crippen MR) is 117 cm³/mol. The van der Waals surface area contributed by atoms with Crippen molar-refractivity contribution >= 4 is 11.7 Å². The minimum absolute atomic E-state index is 0.130. The maximum absolute atomic E-state index is 12.6. The summed E-state index contributed by atoms with van der Waals surface area (Å²) in [7, 11) is 1.66. The van der Waals surface area contributed by atoms with Gasteiger partial charge in [0, 0.05) is 19.2 Å². The summed E-state index contributed by atoms with van der Waals surface area (Å²) in [4.78, 5) is 21.6. The molecule has 156 valence electrons. The number of carbonyl (C=O) groups is 1. The number of anilines is 1. The van der Waals surface area contributed by atoms with Crippen molar-refractivity contribution in [1.82, 2.24) is 9.97 Å². The van der Waals surface area contributed by atoms with Gasteiger partial charge in [0.25, 0.3) is 0 Å². The van der Waals surface area contributed by atoms with Crippen LogP contribution in [0.2, 0.25) is 0 Å². The summed E-state index contributed by atoms with van der Waals surface area (Å²) in [6.45, 7) is 3.12. The van der Waals surface area contributed by atoms with Crippen molar-refractivity contribution in [2.45, 2.75) is 70.6 Å². The number of ketones is 1. The van der Waals surface area contributed by atoms with Crippen molar-refractivity contribution in [2.24, 2.45) is 0 Å². The number of carbonyl (C=O) groups excluding carboxylic acids is 1. The van der Waals surface area contributed by atoms with Gasteiger partial charge < -0.3 is 10.1 Å². The van der Waals surface area contributed by atoms with E-state index in [0.717, 1.165) is 36.4 Å². The Labute approximate surface area is 174 Å². The highest BCUT2D eigenvalue weighted by Gasteiger charge is 2.28. The Morgan fingerprint density at radius 3 is 2.48 bits per heavy atom. The number of Topliss-reactive ketones (excluding diaryl/α,β-unsaturated/α-hetero) is 1. The van der Waals surface area contributed by atoms with Crippen molar-refractivity contribution < 1.29 is 9.53 Å². The van der Waals surface area contributed by atoms with Crippen LogP contribution in [-0.4, -0.2) is 29.4 Å². The van der Waals surface area contributed by atoms with Gasteiger partial charge in [-0.1, -0.05) is 57.6 Å². The average Bonchev–Trinajstić information content (AvgIpc) is 2.75. The van der Waals surface area contributed by atoms with Crippen LogP contribution < -0.4 is 10.1 Å². The van der Waals surface area contributed by atoms with Crippen LogP contribution in [0.5, 0.6) is 5.75 Å². The molecule has 5 heteroatoms. The number of benzene rings is 1. The lowest BCUT2D eigenvalue weighted by Gasteiger charge is -2.23. The Morgan fingerprint density at radius 1 is 1.03 bits per heavy atom. The number of nitrogens with zero attached hydrogens (tertiary/aromatic N) is 2. The molecule has 1 aliphatic carbocycles. The van der Waals surface area contributed by atoms with Crippen LogP contribution in [0.1, 0.15) is 85.8 Å². The average molecular weight is 396 g/mol. The summed E-state index contributed by atoms with van der Waals surface area (Å²) >= 11 is 0. The van der Waals surface area contributed by atoms with Crippen LogP contribution in [-0.2, 0) is 6.42 Å². The number of hydrogen-bond donors (Lipinski definition) is 1. The van der Waals surface area contributed by atoms with E-state index in [1.54, 1.807) is 13.3 Å². The smallest absolute Gasteiger partial charge is 0.222 e. The highest BCUT2D eigenvalue weighted by molar-refractivity contribution is 5.98. The molecule has 2 aromatic rings. The van der Waals surface area contributed by atoms with Crippen molar-refractivity contribution in [3.05, 3.63) is 47.3 Å². The van der Waals surface area contributed by atoms with Crippen molar-refractivity contribution in [3.8, 4) is 5.75 Å². The van der Waals surface area contributed by atoms with Gasteiger partial charge in [-0.25, -0.2) is 9.97 Å². The molecular formula is C24H33N3O2. The molecule has 0 saturated carbocycles. The highest BCUT2D eigenvalue weighted by atomic mass is 16.5. The molecule has 1 aromatic heterocycles.